The number of fused-ring (bicyclic) bond motifs is 1. The van der Waals surface area contributed by atoms with Crippen molar-refractivity contribution in [2.75, 3.05) is 6.61 Å². The lowest BCUT2D eigenvalue weighted by molar-refractivity contribution is 0.288. The number of hydrogen-bond donors (Lipinski definition) is 1. The Kier molecular flexibility index (Phi) is 3.40. The summed E-state index contributed by atoms with van der Waals surface area (Å²) in [6.07, 6.45) is 1.90. The second-order valence-corrected chi connectivity index (χ2v) is 4.96. The molecule has 0 spiro atoms. The van der Waals surface area contributed by atoms with Crippen molar-refractivity contribution >= 4 is 0 Å². The molecule has 20 heavy (non-hydrogen) atoms. The first-order valence-electron chi connectivity index (χ1n) is 6.61. The van der Waals surface area contributed by atoms with Crippen LogP contribution >= 0.6 is 0 Å². The van der Waals surface area contributed by atoms with Crippen LogP contribution in [-0.2, 0) is 6.42 Å². The first-order chi connectivity index (χ1) is 9.65. The van der Waals surface area contributed by atoms with Crippen molar-refractivity contribution in [3.05, 3.63) is 64.7 Å². The maximum absolute atomic E-state index is 13.8. The van der Waals surface area contributed by atoms with Crippen LogP contribution in [0.3, 0.4) is 0 Å². The van der Waals surface area contributed by atoms with Gasteiger partial charge in [-0.25, -0.2) is 8.78 Å². The molecule has 0 bridgehead atoms. The van der Waals surface area contributed by atoms with Crippen LogP contribution in [0.15, 0.2) is 36.4 Å². The largest absolute Gasteiger partial charge is 0.493 e. The van der Waals surface area contributed by atoms with Gasteiger partial charge in [-0.3, -0.25) is 0 Å². The van der Waals surface area contributed by atoms with E-state index >= 15 is 0 Å². The van der Waals surface area contributed by atoms with E-state index in [0.29, 0.717) is 5.56 Å². The van der Waals surface area contributed by atoms with E-state index in [1.807, 2.05) is 18.2 Å². The summed E-state index contributed by atoms with van der Waals surface area (Å²) in [7, 11) is 0. The van der Waals surface area contributed by atoms with Gasteiger partial charge < -0.3 is 10.5 Å². The fraction of sp³-hybridized carbons (Fsp3) is 0.250. The third-order valence-electron chi connectivity index (χ3n) is 3.59. The van der Waals surface area contributed by atoms with Gasteiger partial charge in [0, 0.05) is 11.6 Å². The van der Waals surface area contributed by atoms with E-state index in [-0.39, 0.29) is 0 Å². The molecule has 1 heterocycles. The van der Waals surface area contributed by atoms with Gasteiger partial charge in [-0.05, 0) is 36.1 Å². The third kappa shape index (κ3) is 2.39. The van der Waals surface area contributed by atoms with Gasteiger partial charge in [-0.1, -0.05) is 18.2 Å². The quantitative estimate of drug-likeness (QED) is 0.912. The van der Waals surface area contributed by atoms with Crippen molar-refractivity contribution in [3.8, 4) is 5.75 Å². The SMILES string of the molecule is NC(c1ccc2c(c1)CCCO2)c1ccc(F)cc1F. The second-order valence-electron chi connectivity index (χ2n) is 4.96. The minimum atomic E-state index is -0.619. The summed E-state index contributed by atoms with van der Waals surface area (Å²) in [6.45, 7) is 0.727. The van der Waals surface area contributed by atoms with Gasteiger partial charge in [0.2, 0.25) is 0 Å². The lowest BCUT2D eigenvalue weighted by Gasteiger charge is -2.20. The molecule has 1 unspecified atom stereocenters. The number of rotatable bonds is 2. The lowest BCUT2D eigenvalue weighted by Crippen LogP contribution is -2.15. The zero-order chi connectivity index (χ0) is 14.1. The van der Waals surface area contributed by atoms with Gasteiger partial charge in [0.05, 0.1) is 12.6 Å². The third-order valence-corrected chi connectivity index (χ3v) is 3.59. The van der Waals surface area contributed by atoms with E-state index in [4.69, 9.17) is 10.5 Å². The van der Waals surface area contributed by atoms with Crippen LogP contribution in [0, 0.1) is 11.6 Å². The van der Waals surface area contributed by atoms with Gasteiger partial charge in [0.15, 0.2) is 0 Å². The standard InChI is InChI=1S/C16H15F2NO/c17-12-4-5-13(14(18)9-12)16(19)11-3-6-15-10(8-11)2-1-7-20-15/h3-6,8-9,16H,1-2,7,19H2. The molecule has 0 saturated heterocycles. The van der Waals surface area contributed by atoms with Crippen molar-refractivity contribution in [2.45, 2.75) is 18.9 Å². The molecule has 0 aromatic heterocycles. The fourth-order valence-electron chi connectivity index (χ4n) is 2.51. The highest BCUT2D eigenvalue weighted by Gasteiger charge is 2.17. The molecular weight excluding hydrogens is 260 g/mol. The van der Waals surface area contributed by atoms with E-state index in [2.05, 4.69) is 0 Å². The highest BCUT2D eigenvalue weighted by Crippen LogP contribution is 2.30. The van der Waals surface area contributed by atoms with Crippen LogP contribution in [0.1, 0.15) is 29.2 Å². The zero-order valence-corrected chi connectivity index (χ0v) is 10.9. The molecule has 0 saturated carbocycles. The molecule has 1 aliphatic heterocycles. The highest BCUT2D eigenvalue weighted by molar-refractivity contribution is 5.42. The molecule has 0 amide bonds. The van der Waals surface area contributed by atoms with Gasteiger partial charge in [-0.15, -0.1) is 0 Å². The lowest BCUT2D eigenvalue weighted by atomic mass is 9.95. The summed E-state index contributed by atoms with van der Waals surface area (Å²) in [5, 5.41) is 0. The van der Waals surface area contributed by atoms with Gasteiger partial charge >= 0.3 is 0 Å². The minimum Gasteiger partial charge on any atom is -0.493 e. The molecule has 3 rings (SSSR count). The Bertz CT molecular complexity index is 642. The predicted octanol–water partition coefficient (Wildman–Crippen LogP) is 3.34. The second kappa shape index (κ2) is 5.21. The van der Waals surface area contributed by atoms with Crippen LogP contribution in [-0.4, -0.2) is 6.61 Å². The summed E-state index contributed by atoms with van der Waals surface area (Å²) < 4.78 is 32.3. The van der Waals surface area contributed by atoms with E-state index in [9.17, 15) is 8.78 Å². The number of ether oxygens (including phenoxy) is 1. The molecule has 0 aliphatic carbocycles. The Morgan fingerprint density at radius 2 is 1.95 bits per heavy atom. The molecule has 1 atom stereocenters. The fourth-order valence-corrected chi connectivity index (χ4v) is 2.51. The Morgan fingerprint density at radius 1 is 1.10 bits per heavy atom. The molecular formula is C16H15F2NO. The molecule has 0 fully saturated rings. The summed E-state index contributed by atoms with van der Waals surface area (Å²) in [4.78, 5) is 0. The zero-order valence-electron chi connectivity index (χ0n) is 10.9. The summed E-state index contributed by atoms with van der Waals surface area (Å²) >= 11 is 0. The number of halogens is 2. The van der Waals surface area contributed by atoms with E-state index < -0.39 is 17.7 Å². The average molecular weight is 275 g/mol. The minimum absolute atomic E-state index is 0.295. The summed E-state index contributed by atoms with van der Waals surface area (Å²) in [5.74, 6) is -0.351. The molecule has 0 radical (unpaired) electrons. The van der Waals surface area contributed by atoms with E-state index in [1.54, 1.807) is 0 Å². The molecule has 2 N–H and O–H groups in total. The molecule has 2 nitrogen and oxygen atoms in total. The molecule has 4 heteroatoms. The average Bonchev–Trinajstić information content (AvgIpc) is 2.46. The number of aryl methyl sites for hydroxylation is 1. The monoisotopic (exact) mass is 275 g/mol. The van der Waals surface area contributed by atoms with Gasteiger partial charge in [0.1, 0.15) is 17.4 Å². The Balaban J connectivity index is 1.95. The summed E-state index contributed by atoms with van der Waals surface area (Å²) in [5.41, 5.74) is 8.29. The molecule has 2 aromatic carbocycles. The topological polar surface area (TPSA) is 35.2 Å². The smallest absolute Gasteiger partial charge is 0.131 e. The first-order valence-corrected chi connectivity index (χ1v) is 6.61. The van der Waals surface area contributed by atoms with Crippen molar-refractivity contribution in [1.29, 1.82) is 0 Å². The first kappa shape index (κ1) is 13.1. The summed E-state index contributed by atoms with van der Waals surface area (Å²) in [6, 6.07) is 8.51. The highest BCUT2D eigenvalue weighted by atomic mass is 19.1. The molecule has 2 aromatic rings. The normalized spacial score (nSPS) is 15.3. The maximum Gasteiger partial charge on any atom is 0.131 e. The van der Waals surface area contributed by atoms with E-state index in [1.165, 1.54) is 12.1 Å². The van der Waals surface area contributed by atoms with Crippen molar-refractivity contribution < 1.29 is 13.5 Å². The Hall–Kier alpha value is -1.94. The maximum atomic E-state index is 13.8. The number of hydrogen-bond acceptors (Lipinski definition) is 2. The Morgan fingerprint density at radius 3 is 2.75 bits per heavy atom. The van der Waals surface area contributed by atoms with Crippen LogP contribution in [0.2, 0.25) is 0 Å². The molecule has 1 aliphatic rings. The molecule has 104 valence electrons. The predicted molar refractivity (Wildman–Crippen MR) is 72.6 cm³/mol. The number of benzene rings is 2. The van der Waals surface area contributed by atoms with E-state index in [0.717, 1.165) is 42.4 Å². The van der Waals surface area contributed by atoms with Crippen molar-refractivity contribution in [2.24, 2.45) is 5.73 Å². The number of nitrogens with two attached hydrogens (primary N) is 1. The van der Waals surface area contributed by atoms with Crippen LogP contribution in [0.25, 0.3) is 0 Å². The van der Waals surface area contributed by atoms with Crippen LogP contribution in [0.5, 0.6) is 5.75 Å². The van der Waals surface area contributed by atoms with Crippen LogP contribution in [0.4, 0.5) is 8.78 Å². The van der Waals surface area contributed by atoms with Crippen molar-refractivity contribution in [1.82, 2.24) is 0 Å². The van der Waals surface area contributed by atoms with Gasteiger partial charge in [0.25, 0.3) is 0 Å². The Labute approximate surface area is 116 Å². The van der Waals surface area contributed by atoms with Crippen LogP contribution < -0.4 is 10.5 Å². The van der Waals surface area contributed by atoms with Crippen molar-refractivity contribution in [3.63, 3.8) is 0 Å². The van der Waals surface area contributed by atoms with Gasteiger partial charge in [-0.2, -0.15) is 0 Å².